The minimum atomic E-state index is -2.07. The minimum Gasteiger partial charge on any atom is -0.465 e. The van der Waals surface area contributed by atoms with E-state index < -0.39 is 64.5 Å². The zero-order chi connectivity index (χ0) is 42.3. The van der Waals surface area contributed by atoms with E-state index in [9.17, 15) is 29.4 Å². The van der Waals surface area contributed by atoms with Gasteiger partial charge in [-0.1, -0.05) is 55.8 Å². The van der Waals surface area contributed by atoms with Gasteiger partial charge in [-0.3, -0.25) is 24.2 Å². The van der Waals surface area contributed by atoms with E-state index in [-0.39, 0.29) is 55.7 Å². The topological polar surface area (TPSA) is 202 Å². The fraction of sp³-hybridized carbons (Fsp3) is 0.478. The summed E-state index contributed by atoms with van der Waals surface area (Å²) >= 11 is 0. The fourth-order valence-corrected chi connectivity index (χ4v) is 10.8. The van der Waals surface area contributed by atoms with E-state index in [0.29, 0.717) is 36.9 Å². The highest BCUT2D eigenvalue weighted by molar-refractivity contribution is 6.01. The monoisotopic (exact) mass is 808 g/mol. The average molecular weight is 809 g/mol. The Labute approximate surface area is 343 Å². The Morgan fingerprint density at radius 1 is 1.05 bits per heavy atom. The number of halogens is 1. The number of aliphatic hydroxyl groups excluding tert-OH is 1. The standard InChI is InChI=1S/C46H53FN4O8/c1-27-20-37-36-11-9-32-22-34(52)14-17-43(32,2)45(36,47)39(53)23-44(37,3)46(27,57)38(49)26-59-41(55)13-12-40(54)58-19-16-28-4-6-29(7-5-28)35(24-48)42(56)51-33-10-8-31-25-50-18-15-30(31)21-33/h4-8,10,14-15,17-18,21-22,25,27,35-37,39,49,53,57H,9,11-13,16,19-20,23-24,26,48H2,1-3H3,(H,51,56)/t27-,35?,36+,37+,39+,43+,44+,45+,46+/m1/s1. The first kappa shape index (κ1) is 42.0. The summed E-state index contributed by atoms with van der Waals surface area (Å²) in [6.07, 6.45) is 7.46. The summed E-state index contributed by atoms with van der Waals surface area (Å²) in [4.78, 5) is 54.6. The number of nitrogens with two attached hydrogens (primary N) is 1. The molecule has 3 saturated carbocycles. The van der Waals surface area contributed by atoms with Crippen LogP contribution in [-0.2, 0) is 35.1 Å². The molecule has 13 heteroatoms. The lowest BCUT2D eigenvalue weighted by molar-refractivity contribution is -0.209. The fourth-order valence-electron chi connectivity index (χ4n) is 10.8. The number of pyridine rings is 1. The van der Waals surface area contributed by atoms with Crippen LogP contribution in [0.25, 0.3) is 10.8 Å². The molecule has 7 rings (SSSR count). The molecule has 6 N–H and O–H groups in total. The second-order valence-corrected chi connectivity index (χ2v) is 17.2. The van der Waals surface area contributed by atoms with Crippen molar-refractivity contribution in [3.63, 3.8) is 0 Å². The highest BCUT2D eigenvalue weighted by atomic mass is 19.1. The number of nitrogens with one attached hydrogen (secondary N) is 2. The number of benzene rings is 2. The molecule has 3 aromatic rings. The van der Waals surface area contributed by atoms with Crippen molar-refractivity contribution in [2.75, 3.05) is 25.1 Å². The van der Waals surface area contributed by atoms with Crippen molar-refractivity contribution in [1.29, 1.82) is 5.41 Å². The lowest BCUT2D eigenvalue weighted by Gasteiger charge is -2.62. The number of aromatic nitrogens is 1. The second-order valence-electron chi connectivity index (χ2n) is 17.2. The molecule has 1 unspecified atom stereocenters. The number of anilines is 1. The summed E-state index contributed by atoms with van der Waals surface area (Å²) < 4.78 is 28.2. The number of carbonyl (C=O) groups is 4. The molecule has 312 valence electrons. The van der Waals surface area contributed by atoms with E-state index in [4.69, 9.17) is 20.6 Å². The normalized spacial score (nSPS) is 31.3. The molecule has 12 nitrogen and oxygen atoms in total. The molecule has 2 aromatic carbocycles. The highest BCUT2D eigenvalue weighted by Gasteiger charge is 2.75. The minimum absolute atomic E-state index is 0.0685. The molecule has 4 aliphatic carbocycles. The van der Waals surface area contributed by atoms with E-state index in [1.807, 2.05) is 48.5 Å². The second kappa shape index (κ2) is 16.2. The number of ketones is 1. The van der Waals surface area contributed by atoms with Crippen molar-refractivity contribution < 1.29 is 43.3 Å². The molecule has 59 heavy (non-hydrogen) atoms. The molecule has 0 radical (unpaired) electrons. The number of fused-ring (bicyclic) bond motifs is 6. The van der Waals surface area contributed by atoms with Gasteiger partial charge in [-0.25, -0.2) is 4.39 Å². The van der Waals surface area contributed by atoms with Gasteiger partial charge in [0.2, 0.25) is 5.91 Å². The van der Waals surface area contributed by atoms with Crippen LogP contribution in [0.2, 0.25) is 0 Å². The third-order valence-electron chi connectivity index (χ3n) is 14.1. The van der Waals surface area contributed by atoms with Crippen molar-refractivity contribution in [3.8, 4) is 0 Å². The zero-order valence-electron chi connectivity index (χ0n) is 33.7. The summed E-state index contributed by atoms with van der Waals surface area (Å²) in [5, 5.41) is 37.7. The maximum atomic E-state index is 17.5. The Kier molecular flexibility index (Phi) is 11.5. The summed E-state index contributed by atoms with van der Waals surface area (Å²) in [6, 6.07) is 14.8. The van der Waals surface area contributed by atoms with Crippen LogP contribution in [0.15, 0.2) is 84.7 Å². The van der Waals surface area contributed by atoms with Gasteiger partial charge in [0, 0.05) is 53.2 Å². The zero-order valence-corrected chi connectivity index (χ0v) is 33.7. The van der Waals surface area contributed by atoms with Crippen LogP contribution in [0.1, 0.15) is 76.3 Å². The largest absolute Gasteiger partial charge is 0.465 e. The summed E-state index contributed by atoms with van der Waals surface area (Å²) in [5.74, 6) is -3.83. The van der Waals surface area contributed by atoms with Crippen LogP contribution in [0.4, 0.5) is 10.1 Å². The van der Waals surface area contributed by atoms with Crippen molar-refractivity contribution >= 4 is 45.8 Å². The Bertz CT molecular complexity index is 2230. The van der Waals surface area contributed by atoms with Crippen LogP contribution < -0.4 is 11.1 Å². The maximum Gasteiger partial charge on any atom is 0.306 e. The number of carbonyl (C=O) groups excluding carboxylic acids is 4. The smallest absolute Gasteiger partial charge is 0.306 e. The summed E-state index contributed by atoms with van der Waals surface area (Å²) in [6.45, 7) is 4.99. The van der Waals surface area contributed by atoms with Gasteiger partial charge in [0.05, 0.1) is 37.2 Å². The molecular weight excluding hydrogens is 756 g/mol. The molecule has 4 aliphatic rings. The van der Waals surface area contributed by atoms with Gasteiger partial charge in [0.25, 0.3) is 0 Å². The molecule has 0 spiro atoms. The van der Waals surface area contributed by atoms with Gasteiger partial charge in [0.15, 0.2) is 11.5 Å². The number of ether oxygens (including phenoxy) is 2. The van der Waals surface area contributed by atoms with Crippen LogP contribution in [0.5, 0.6) is 0 Å². The summed E-state index contributed by atoms with van der Waals surface area (Å²) in [7, 11) is 0. The van der Waals surface area contributed by atoms with Crippen LogP contribution in [0.3, 0.4) is 0 Å². The molecule has 1 heterocycles. The van der Waals surface area contributed by atoms with Crippen LogP contribution in [0, 0.1) is 34.0 Å². The number of nitrogens with zero attached hydrogens (tertiary/aromatic N) is 1. The third-order valence-corrected chi connectivity index (χ3v) is 14.1. The quantitative estimate of drug-likeness (QED) is 0.105. The Morgan fingerprint density at radius 3 is 2.51 bits per heavy atom. The lowest BCUT2D eigenvalue weighted by Crippen LogP contribution is -2.69. The molecule has 0 saturated heterocycles. The number of rotatable bonds is 13. The van der Waals surface area contributed by atoms with Crippen LogP contribution in [-0.4, -0.2) is 81.7 Å². The summed E-state index contributed by atoms with van der Waals surface area (Å²) in [5.41, 5.74) is 2.61. The molecule has 3 fully saturated rings. The van der Waals surface area contributed by atoms with E-state index in [0.717, 1.165) is 21.9 Å². The molecule has 1 amide bonds. The van der Waals surface area contributed by atoms with E-state index in [1.165, 1.54) is 12.2 Å². The first-order valence-corrected chi connectivity index (χ1v) is 20.4. The lowest BCUT2D eigenvalue weighted by atomic mass is 9.44. The van der Waals surface area contributed by atoms with Crippen LogP contribution >= 0.6 is 0 Å². The first-order chi connectivity index (χ1) is 28.0. The predicted octanol–water partition coefficient (Wildman–Crippen LogP) is 5.69. The maximum absolute atomic E-state index is 17.5. The third kappa shape index (κ3) is 7.31. The van der Waals surface area contributed by atoms with Gasteiger partial charge in [-0.05, 0) is 91.3 Å². The van der Waals surface area contributed by atoms with Gasteiger partial charge in [-0.2, -0.15) is 0 Å². The number of alkyl halides is 1. The van der Waals surface area contributed by atoms with Gasteiger partial charge in [-0.15, -0.1) is 0 Å². The van der Waals surface area contributed by atoms with Crippen molar-refractivity contribution in [3.05, 3.63) is 95.9 Å². The van der Waals surface area contributed by atoms with Crippen molar-refractivity contribution in [2.45, 2.75) is 89.0 Å². The number of aliphatic hydroxyl groups is 2. The van der Waals surface area contributed by atoms with E-state index in [2.05, 4.69) is 10.3 Å². The first-order valence-electron chi connectivity index (χ1n) is 20.4. The number of amides is 1. The molecular formula is C46H53FN4O8. The highest BCUT2D eigenvalue weighted by Crippen LogP contribution is 2.70. The van der Waals surface area contributed by atoms with E-state index in [1.54, 1.807) is 39.2 Å². The molecule has 0 bridgehead atoms. The number of hydrogen-bond acceptors (Lipinski definition) is 11. The Morgan fingerprint density at radius 2 is 1.78 bits per heavy atom. The SMILES string of the molecule is C[C@@H]1C[C@H]2[C@@H]3CCC4=CC(=O)C=C[C@]4(C)[C@@]3(F)[C@@H](O)C[C@]2(C)[C@@]1(O)C(=N)COC(=O)CCC(=O)OCCc1ccc(C(CN)C(=O)Nc2ccc3cnccc3c2)cc1. The Balaban J connectivity index is 0.866. The predicted molar refractivity (Wildman–Crippen MR) is 219 cm³/mol. The number of hydrogen-bond donors (Lipinski definition) is 5. The number of allylic oxidation sites excluding steroid dienone is 4. The van der Waals surface area contributed by atoms with Crippen molar-refractivity contribution in [2.24, 2.45) is 34.3 Å². The Hall–Kier alpha value is -5.11. The molecule has 9 atom stereocenters. The average Bonchev–Trinajstić information content (AvgIpc) is 3.42. The number of esters is 2. The molecule has 1 aromatic heterocycles. The van der Waals surface area contributed by atoms with Gasteiger partial charge < -0.3 is 36.1 Å². The van der Waals surface area contributed by atoms with E-state index >= 15 is 4.39 Å². The van der Waals surface area contributed by atoms with Crippen molar-refractivity contribution in [1.82, 2.24) is 4.98 Å². The van der Waals surface area contributed by atoms with Gasteiger partial charge >= 0.3 is 11.9 Å². The van der Waals surface area contributed by atoms with Gasteiger partial charge in [0.1, 0.15) is 12.2 Å². The molecule has 0 aliphatic heterocycles.